The Hall–Kier alpha value is -0.540. The molecule has 0 bridgehead atoms. The molecule has 1 saturated heterocycles. The lowest BCUT2D eigenvalue weighted by molar-refractivity contribution is -0.119. The Bertz CT molecular complexity index is 280. The van der Waals surface area contributed by atoms with Gasteiger partial charge in [0, 0.05) is 10.8 Å². The molecule has 1 heterocycles. The highest BCUT2D eigenvalue weighted by molar-refractivity contribution is 8.07. The van der Waals surface area contributed by atoms with Crippen LogP contribution in [-0.4, -0.2) is 18.9 Å². The summed E-state index contributed by atoms with van der Waals surface area (Å²) in [5.74, 6) is 0.402. The maximum atomic E-state index is 12.0. The quantitative estimate of drug-likeness (QED) is 0.722. The van der Waals surface area contributed by atoms with E-state index in [2.05, 4.69) is 25.4 Å². The summed E-state index contributed by atoms with van der Waals surface area (Å²) >= 11 is 1.47. The number of hydrogen-bond acceptors (Lipinski definition) is 3. The standard InChI is InChI=1S/C13H21NOS/c1-4-5-10(2)16-11(3)13(15)12-6-8-14-9-7-12/h12,14H,2-9H2,1H3. The molecule has 90 valence electrons. The first-order valence-corrected chi connectivity index (χ1v) is 6.76. The summed E-state index contributed by atoms with van der Waals surface area (Å²) in [6.07, 6.45) is 3.92. The maximum absolute atomic E-state index is 12.0. The fourth-order valence-corrected chi connectivity index (χ4v) is 2.79. The number of ketones is 1. The van der Waals surface area contributed by atoms with Gasteiger partial charge < -0.3 is 5.32 Å². The largest absolute Gasteiger partial charge is 0.317 e. The first-order chi connectivity index (χ1) is 7.65. The predicted octanol–water partition coefficient (Wildman–Crippen LogP) is 3.12. The third-order valence-electron chi connectivity index (χ3n) is 2.78. The molecule has 0 spiro atoms. The van der Waals surface area contributed by atoms with E-state index in [9.17, 15) is 4.79 Å². The van der Waals surface area contributed by atoms with E-state index in [1.807, 2.05) is 0 Å². The van der Waals surface area contributed by atoms with Crippen molar-refractivity contribution in [2.45, 2.75) is 32.6 Å². The number of carbonyl (C=O) groups is 1. The van der Waals surface area contributed by atoms with Gasteiger partial charge in [-0.1, -0.05) is 38.3 Å². The monoisotopic (exact) mass is 239 g/mol. The molecule has 0 saturated carbocycles. The molecule has 1 aliphatic rings. The Morgan fingerprint density at radius 1 is 1.38 bits per heavy atom. The van der Waals surface area contributed by atoms with Crippen molar-refractivity contribution in [1.82, 2.24) is 5.32 Å². The van der Waals surface area contributed by atoms with Crippen molar-refractivity contribution in [1.29, 1.82) is 0 Å². The second-order valence-corrected chi connectivity index (χ2v) is 5.48. The Morgan fingerprint density at radius 3 is 2.56 bits per heavy atom. The number of carbonyl (C=O) groups excluding carboxylic acids is 1. The normalized spacial score (nSPS) is 17.1. The van der Waals surface area contributed by atoms with Crippen LogP contribution in [0.3, 0.4) is 0 Å². The Kier molecular flexibility index (Phi) is 5.85. The molecule has 1 fully saturated rings. The van der Waals surface area contributed by atoms with E-state index in [-0.39, 0.29) is 11.7 Å². The summed E-state index contributed by atoms with van der Waals surface area (Å²) < 4.78 is 0. The van der Waals surface area contributed by atoms with E-state index in [0.29, 0.717) is 4.91 Å². The van der Waals surface area contributed by atoms with Crippen molar-refractivity contribution in [3.8, 4) is 0 Å². The number of piperidine rings is 1. The molecular formula is C13H21NOS. The van der Waals surface area contributed by atoms with Gasteiger partial charge in [0.1, 0.15) is 0 Å². The smallest absolute Gasteiger partial charge is 0.172 e. The lowest BCUT2D eigenvalue weighted by Gasteiger charge is -2.22. The minimum Gasteiger partial charge on any atom is -0.317 e. The average Bonchev–Trinajstić information content (AvgIpc) is 2.29. The summed E-state index contributed by atoms with van der Waals surface area (Å²) in [6, 6.07) is 0. The minimum absolute atomic E-state index is 0.177. The van der Waals surface area contributed by atoms with Crippen LogP contribution in [0.4, 0.5) is 0 Å². The summed E-state index contributed by atoms with van der Waals surface area (Å²) in [6.45, 7) is 11.8. The topological polar surface area (TPSA) is 29.1 Å². The van der Waals surface area contributed by atoms with Crippen molar-refractivity contribution in [3.63, 3.8) is 0 Å². The van der Waals surface area contributed by atoms with Gasteiger partial charge >= 0.3 is 0 Å². The zero-order valence-corrected chi connectivity index (χ0v) is 10.9. The van der Waals surface area contributed by atoms with Crippen LogP contribution >= 0.6 is 11.8 Å². The van der Waals surface area contributed by atoms with Crippen LogP contribution in [0.1, 0.15) is 32.6 Å². The molecule has 0 aliphatic carbocycles. The molecule has 1 aliphatic heterocycles. The van der Waals surface area contributed by atoms with Crippen LogP contribution in [0.25, 0.3) is 0 Å². The van der Waals surface area contributed by atoms with Gasteiger partial charge in [-0.2, -0.15) is 0 Å². The van der Waals surface area contributed by atoms with Crippen molar-refractivity contribution in [3.05, 3.63) is 23.0 Å². The third-order valence-corrected chi connectivity index (χ3v) is 3.72. The zero-order chi connectivity index (χ0) is 12.0. The fourth-order valence-electron chi connectivity index (χ4n) is 1.87. The SMILES string of the molecule is C=C(CCC)SC(=C)C(=O)C1CCNCC1. The fraction of sp³-hybridized carbons (Fsp3) is 0.615. The van der Waals surface area contributed by atoms with Gasteiger partial charge in [0.25, 0.3) is 0 Å². The van der Waals surface area contributed by atoms with Crippen LogP contribution < -0.4 is 5.32 Å². The second-order valence-electron chi connectivity index (χ2n) is 4.20. The number of rotatable bonds is 6. The third kappa shape index (κ3) is 4.14. The highest BCUT2D eigenvalue weighted by atomic mass is 32.2. The molecule has 16 heavy (non-hydrogen) atoms. The van der Waals surface area contributed by atoms with E-state index < -0.39 is 0 Å². The van der Waals surface area contributed by atoms with Crippen molar-refractivity contribution < 1.29 is 4.79 Å². The molecule has 3 heteroatoms. The van der Waals surface area contributed by atoms with Crippen molar-refractivity contribution in [2.75, 3.05) is 13.1 Å². The van der Waals surface area contributed by atoms with E-state index in [0.717, 1.165) is 43.7 Å². The Morgan fingerprint density at radius 2 is 2.00 bits per heavy atom. The summed E-state index contributed by atoms with van der Waals surface area (Å²) in [5.41, 5.74) is 0. The van der Waals surface area contributed by atoms with Gasteiger partial charge in [-0.15, -0.1) is 0 Å². The molecule has 2 nitrogen and oxygen atoms in total. The zero-order valence-electron chi connectivity index (χ0n) is 10.1. The summed E-state index contributed by atoms with van der Waals surface area (Å²) in [7, 11) is 0. The van der Waals surface area contributed by atoms with Crippen LogP contribution in [0.15, 0.2) is 23.0 Å². The number of hydrogen-bond donors (Lipinski definition) is 1. The van der Waals surface area contributed by atoms with E-state index in [4.69, 9.17) is 0 Å². The molecule has 1 rings (SSSR count). The van der Waals surface area contributed by atoms with Crippen LogP contribution in [0.5, 0.6) is 0 Å². The number of allylic oxidation sites excluding steroid dienone is 2. The highest BCUT2D eigenvalue weighted by Gasteiger charge is 2.23. The molecule has 0 unspecified atom stereocenters. The molecule has 0 amide bonds. The second kappa shape index (κ2) is 6.92. The molecule has 0 atom stereocenters. The number of thioether (sulfide) groups is 1. The van der Waals surface area contributed by atoms with Gasteiger partial charge in [0.05, 0.1) is 0 Å². The van der Waals surface area contributed by atoms with Crippen molar-refractivity contribution >= 4 is 17.5 Å². The number of Topliss-reactive ketones (excluding diaryl/α,β-unsaturated/α-hetero) is 1. The molecule has 0 aromatic carbocycles. The Balaban J connectivity index is 2.40. The van der Waals surface area contributed by atoms with Gasteiger partial charge in [0.2, 0.25) is 0 Å². The van der Waals surface area contributed by atoms with Crippen LogP contribution in [-0.2, 0) is 4.79 Å². The molecule has 0 aromatic heterocycles. The summed E-state index contributed by atoms with van der Waals surface area (Å²) in [4.78, 5) is 13.8. The van der Waals surface area contributed by atoms with Crippen LogP contribution in [0.2, 0.25) is 0 Å². The predicted molar refractivity (Wildman–Crippen MR) is 71.4 cm³/mol. The first-order valence-electron chi connectivity index (χ1n) is 5.94. The average molecular weight is 239 g/mol. The van der Waals surface area contributed by atoms with Gasteiger partial charge in [0.15, 0.2) is 5.78 Å². The lowest BCUT2D eigenvalue weighted by atomic mass is 9.93. The minimum atomic E-state index is 0.177. The van der Waals surface area contributed by atoms with E-state index >= 15 is 0 Å². The molecular weight excluding hydrogens is 218 g/mol. The lowest BCUT2D eigenvalue weighted by Crippen LogP contribution is -2.32. The first kappa shape index (κ1) is 13.5. The van der Waals surface area contributed by atoms with E-state index in [1.165, 1.54) is 11.8 Å². The van der Waals surface area contributed by atoms with Gasteiger partial charge in [-0.05, 0) is 37.3 Å². The molecule has 0 aromatic rings. The summed E-state index contributed by atoms with van der Waals surface area (Å²) in [5, 5.41) is 3.26. The van der Waals surface area contributed by atoms with Crippen molar-refractivity contribution in [2.24, 2.45) is 5.92 Å². The van der Waals surface area contributed by atoms with Gasteiger partial charge in [-0.3, -0.25) is 4.79 Å². The highest BCUT2D eigenvalue weighted by Crippen LogP contribution is 2.30. The maximum Gasteiger partial charge on any atom is 0.172 e. The molecule has 0 radical (unpaired) electrons. The van der Waals surface area contributed by atoms with Gasteiger partial charge in [-0.25, -0.2) is 0 Å². The molecule has 1 N–H and O–H groups in total. The van der Waals surface area contributed by atoms with E-state index in [1.54, 1.807) is 0 Å². The van der Waals surface area contributed by atoms with Crippen LogP contribution in [0, 0.1) is 5.92 Å². The number of nitrogens with one attached hydrogen (secondary N) is 1. The Labute approximate surface area is 103 Å².